The summed E-state index contributed by atoms with van der Waals surface area (Å²) in [5, 5.41) is 0. The maximum atomic E-state index is 13.7. The Kier molecular flexibility index (Phi) is 6.01. The Balaban J connectivity index is 0.00000180. The third-order valence-electron chi connectivity index (χ3n) is 3.24. The van der Waals surface area contributed by atoms with Crippen LogP contribution in [0.25, 0.3) is 0 Å². The molecule has 1 aliphatic rings. The molecule has 0 radical (unpaired) electrons. The Morgan fingerprint density at radius 1 is 1.32 bits per heavy atom. The molecule has 2 nitrogen and oxygen atoms in total. The van der Waals surface area contributed by atoms with Crippen molar-refractivity contribution in [2.24, 2.45) is 11.7 Å². The summed E-state index contributed by atoms with van der Waals surface area (Å²) < 4.78 is 32.7. The summed E-state index contributed by atoms with van der Waals surface area (Å²) in [5.74, 6) is -1.05. The molecule has 1 unspecified atom stereocenters. The number of ether oxygens (including phenoxy) is 1. The molecule has 19 heavy (non-hydrogen) atoms. The van der Waals surface area contributed by atoms with Gasteiger partial charge in [-0.1, -0.05) is 6.92 Å². The van der Waals surface area contributed by atoms with Crippen LogP contribution in [0.2, 0.25) is 0 Å². The maximum absolute atomic E-state index is 13.7. The molecular formula is C14H20ClF2NO. The molecular weight excluding hydrogens is 272 g/mol. The van der Waals surface area contributed by atoms with Gasteiger partial charge < -0.3 is 10.5 Å². The number of nitrogens with two attached hydrogens (primary N) is 1. The van der Waals surface area contributed by atoms with Crippen LogP contribution in [0.5, 0.6) is 5.75 Å². The van der Waals surface area contributed by atoms with E-state index >= 15 is 0 Å². The first-order chi connectivity index (χ1) is 8.60. The molecule has 0 spiro atoms. The minimum Gasteiger partial charge on any atom is -0.487 e. The largest absolute Gasteiger partial charge is 0.487 e. The zero-order valence-corrected chi connectivity index (χ0v) is 11.8. The molecule has 2 rings (SSSR count). The second kappa shape index (κ2) is 7.06. The highest BCUT2D eigenvalue weighted by Crippen LogP contribution is 2.31. The fraction of sp³-hybridized carbons (Fsp3) is 0.571. The Labute approximate surface area is 118 Å². The lowest BCUT2D eigenvalue weighted by Gasteiger charge is -2.12. The van der Waals surface area contributed by atoms with Crippen molar-refractivity contribution in [1.29, 1.82) is 0 Å². The van der Waals surface area contributed by atoms with Gasteiger partial charge in [-0.25, -0.2) is 8.78 Å². The number of halogens is 3. The molecule has 0 saturated heterocycles. The van der Waals surface area contributed by atoms with Gasteiger partial charge in [-0.3, -0.25) is 0 Å². The normalized spacial score (nSPS) is 15.8. The van der Waals surface area contributed by atoms with Crippen LogP contribution in [-0.2, 0) is 6.42 Å². The molecule has 5 heteroatoms. The molecule has 108 valence electrons. The van der Waals surface area contributed by atoms with Crippen molar-refractivity contribution in [3.8, 4) is 5.75 Å². The van der Waals surface area contributed by atoms with E-state index in [1.165, 1.54) is 12.1 Å². The lowest BCUT2D eigenvalue weighted by Crippen LogP contribution is -2.21. The van der Waals surface area contributed by atoms with Crippen LogP contribution in [0.15, 0.2) is 12.1 Å². The monoisotopic (exact) mass is 291 g/mol. The van der Waals surface area contributed by atoms with Gasteiger partial charge in [0.1, 0.15) is 0 Å². The van der Waals surface area contributed by atoms with E-state index < -0.39 is 11.6 Å². The fourth-order valence-corrected chi connectivity index (χ4v) is 1.80. The Morgan fingerprint density at radius 3 is 2.37 bits per heavy atom. The minimum atomic E-state index is -0.631. The lowest BCUT2D eigenvalue weighted by atomic mass is 10.0. The first kappa shape index (κ1) is 16.2. The number of benzene rings is 1. The number of hydrogen-bond donors (Lipinski definition) is 1. The van der Waals surface area contributed by atoms with E-state index in [0.717, 1.165) is 19.3 Å². The predicted octanol–water partition coefficient (Wildman–Crippen LogP) is 3.46. The molecule has 0 aliphatic heterocycles. The highest BCUT2D eigenvalue weighted by Gasteiger charge is 2.23. The zero-order valence-electron chi connectivity index (χ0n) is 11.0. The minimum absolute atomic E-state index is 0. The SMILES string of the molecule is CCC(N)Cc1cc(F)c(OCC2CC2)c(F)c1.Cl. The van der Waals surface area contributed by atoms with E-state index in [2.05, 4.69) is 0 Å². The van der Waals surface area contributed by atoms with Gasteiger partial charge in [0, 0.05) is 6.04 Å². The lowest BCUT2D eigenvalue weighted by molar-refractivity contribution is 0.270. The molecule has 1 aromatic rings. The third kappa shape index (κ3) is 4.62. The summed E-state index contributed by atoms with van der Waals surface area (Å²) >= 11 is 0. The van der Waals surface area contributed by atoms with E-state index in [1.807, 2.05) is 6.92 Å². The smallest absolute Gasteiger partial charge is 0.190 e. The summed E-state index contributed by atoms with van der Waals surface area (Å²) in [5.41, 5.74) is 6.36. The maximum Gasteiger partial charge on any atom is 0.190 e. The van der Waals surface area contributed by atoms with Crippen LogP contribution in [-0.4, -0.2) is 12.6 Å². The third-order valence-corrected chi connectivity index (χ3v) is 3.24. The predicted molar refractivity (Wildman–Crippen MR) is 73.8 cm³/mol. The van der Waals surface area contributed by atoms with Gasteiger partial charge in [-0.2, -0.15) is 0 Å². The summed E-state index contributed by atoms with van der Waals surface area (Å²) in [6.07, 6.45) is 3.44. The summed E-state index contributed by atoms with van der Waals surface area (Å²) in [6.45, 7) is 2.35. The van der Waals surface area contributed by atoms with Gasteiger partial charge in [-0.15, -0.1) is 12.4 Å². The highest BCUT2D eigenvalue weighted by atomic mass is 35.5. The van der Waals surface area contributed by atoms with Crippen LogP contribution in [0, 0.1) is 17.6 Å². The molecule has 1 aromatic carbocycles. The van der Waals surface area contributed by atoms with Crippen molar-refractivity contribution < 1.29 is 13.5 Å². The van der Waals surface area contributed by atoms with Crippen LogP contribution >= 0.6 is 12.4 Å². The van der Waals surface area contributed by atoms with Crippen LogP contribution in [0.4, 0.5) is 8.78 Å². The van der Waals surface area contributed by atoms with E-state index in [4.69, 9.17) is 10.5 Å². The average Bonchev–Trinajstić information content (AvgIpc) is 3.11. The Bertz CT molecular complexity index is 401. The van der Waals surface area contributed by atoms with Gasteiger partial charge in [0.25, 0.3) is 0 Å². The van der Waals surface area contributed by atoms with Crippen molar-refractivity contribution in [2.75, 3.05) is 6.61 Å². The van der Waals surface area contributed by atoms with Gasteiger partial charge in [0.05, 0.1) is 6.61 Å². The van der Waals surface area contributed by atoms with Crippen molar-refractivity contribution >= 4 is 12.4 Å². The summed E-state index contributed by atoms with van der Waals surface area (Å²) in [6, 6.07) is 2.57. The van der Waals surface area contributed by atoms with Gasteiger partial charge in [-0.05, 0) is 49.3 Å². The molecule has 1 aliphatic carbocycles. The average molecular weight is 292 g/mol. The topological polar surface area (TPSA) is 35.2 Å². The van der Waals surface area contributed by atoms with Crippen molar-refractivity contribution in [2.45, 2.75) is 38.6 Å². The van der Waals surface area contributed by atoms with Gasteiger partial charge >= 0.3 is 0 Å². The number of hydrogen-bond acceptors (Lipinski definition) is 2. The summed E-state index contributed by atoms with van der Waals surface area (Å²) in [4.78, 5) is 0. The van der Waals surface area contributed by atoms with Crippen LogP contribution in [0.1, 0.15) is 31.7 Å². The zero-order chi connectivity index (χ0) is 13.1. The molecule has 1 fully saturated rings. The second-order valence-corrected chi connectivity index (χ2v) is 5.02. The first-order valence-electron chi connectivity index (χ1n) is 6.46. The van der Waals surface area contributed by atoms with E-state index in [1.54, 1.807) is 0 Å². The second-order valence-electron chi connectivity index (χ2n) is 5.02. The Morgan fingerprint density at radius 2 is 1.89 bits per heavy atom. The highest BCUT2D eigenvalue weighted by molar-refractivity contribution is 5.85. The molecule has 1 saturated carbocycles. The van der Waals surface area contributed by atoms with Gasteiger partial charge in [0.15, 0.2) is 17.4 Å². The first-order valence-corrected chi connectivity index (χ1v) is 6.46. The van der Waals surface area contributed by atoms with Crippen molar-refractivity contribution in [3.05, 3.63) is 29.3 Å². The summed E-state index contributed by atoms with van der Waals surface area (Å²) in [7, 11) is 0. The van der Waals surface area contributed by atoms with Crippen LogP contribution < -0.4 is 10.5 Å². The molecule has 0 heterocycles. The van der Waals surface area contributed by atoms with Crippen molar-refractivity contribution in [3.63, 3.8) is 0 Å². The van der Waals surface area contributed by atoms with Crippen LogP contribution in [0.3, 0.4) is 0 Å². The van der Waals surface area contributed by atoms with E-state index in [0.29, 0.717) is 24.5 Å². The fourth-order valence-electron chi connectivity index (χ4n) is 1.80. The molecule has 1 atom stereocenters. The van der Waals surface area contributed by atoms with Gasteiger partial charge in [0.2, 0.25) is 0 Å². The molecule has 0 aromatic heterocycles. The van der Waals surface area contributed by atoms with E-state index in [9.17, 15) is 8.78 Å². The van der Waals surface area contributed by atoms with Crippen molar-refractivity contribution in [1.82, 2.24) is 0 Å². The van der Waals surface area contributed by atoms with E-state index in [-0.39, 0.29) is 24.2 Å². The molecule has 2 N–H and O–H groups in total. The molecule has 0 bridgehead atoms. The quantitative estimate of drug-likeness (QED) is 0.871. The standard InChI is InChI=1S/C14H19F2NO.ClH/c1-2-11(17)5-10-6-12(15)14(13(16)7-10)18-8-9-3-4-9;/h6-7,9,11H,2-5,8,17H2,1H3;1H. The Hall–Kier alpha value is -0.870. The number of rotatable bonds is 6. The molecule has 0 amide bonds.